The lowest BCUT2D eigenvalue weighted by molar-refractivity contribution is 0.162. The van der Waals surface area contributed by atoms with E-state index in [1.807, 2.05) is 23.1 Å². The van der Waals surface area contributed by atoms with Gasteiger partial charge in [-0.15, -0.1) is 0 Å². The van der Waals surface area contributed by atoms with Gasteiger partial charge in [-0.25, -0.2) is 9.78 Å². The zero-order chi connectivity index (χ0) is 19.9. The number of benzene rings is 1. The van der Waals surface area contributed by atoms with Gasteiger partial charge in [0, 0.05) is 38.4 Å². The number of carbonyl (C=O) groups is 1. The van der Waals surface area contributed by atoms with Crippen molar-refractivity contribution in [2.75, 3.05) is 19.6 Å². The molecule has 1 unspecified atom stereocenters. The van der Waals surface area contributed by atoms with Gasteiger partial charge < -0.3 is 14.7 Å². The smallest absolute Gasteiger partial charge is 0.317 e. The second kappa shape index (κ2) is 9.27. The van der Waals surface area contributed by atoms with Crippen LogP contribution in [0, 0.1) is 5.92 Å². The SMILES string of the molecule is O=C(NCCc1ccccc1)N1CCCC(Cc2nc(-c3cnccn3)no2)C1. The molecule has 1 N–H and O–H groups in total. The summed E-state index contributed by atoms with van der Waals surface area (Å²) in [4.78, 5) is 27.0. The molecule has 0 radical (unpaired) electrons. The molecule has 4 rings (SSSR count). The Bertz CT molecular complexity index is 915. The number of urea groups is 1. The Morgan fingerprint density at radius 1 is 1.24 bits per heavy atom. The Hall–Kier alpha value is -3.29. The zero-order valence-electron chi connectivity index (χ0n) is 16.2. The number of carbonyl (C=O) groups excluding carboxylic acids is 1. The number of amides is 2. The van der Waals surface area contributed by atoms with Crippen LogP contribution in [0.1, 0.15) is 24.3 Å². The van der Waals surface area contributed by atoms with E-state index in [4.69, 9.17) is 4.52 Å². The number of nitrogens with one attached hydrogen (secondary N) is 1. The lowest BCUT2D eigenvalue weighted by Crippen LogP contribution is -2.46. The minimum absolute atomic E-state index is 0.00332. The number of rotatable bonds is 6. The topological polar surface area (TPSA) is 97.0 Å². The van der Waals surface area contributed by atoms with Crippen molar-refractivity contribution in [3.8, 4) is 11.5 Å². The van der Waals surface area contributed by atoms with Gasteiger partial charge in [-0.2, -0.15) is 4.98 Å². The molecule has 0 bridgehead atoms. The monoisotopic (exact) mass is 392 g/mol. The van der Waals surface area contributed by atoms with Crippen molar-refractivity contribution in [1.29, 1.82) is 0 Å². The number of nitrogens with zero attached hydrogens (tertiary/aromatic N) is 5. The van der Waals surface area contributed by atoms with Gasteiger partial charge in [0.2, 0.25) is 11.7 Å². The average Bonchev–Trinajstić information content (AvgIpc) is 3.24. The van der Waals surface area contributed by atoms with Gasteiger partial charge in [0.25, 0.3) is 0 Å². The van der Waals surface area contributed by atoms with Crippen LogP contribution in [0.2, 0.25) is 0 Å². The number of hydrogen-bond acceptors (Lipinski definition) is 6. The molecule has 1 fully saturated rings. The maximum Gasteiger partial charge on any atom is 0.317 e. The largest absolute Gasteiger partial charge is 0.339 e. The minimum Gasteiger partial charge on any atom is -0.339 e. The number of aromatic nitrogens is 4. The third kappa shape index (κ3) is 5.16. The van der Waals surface area contributed by atoms with E-state index < -0.39 is 0 Å². The van der Waals surface area contributed by atoms with E-state index in [1.165, 1.54) is 5.56 Å². The van der Waals surface area contributed by atoms with Gasteiger partial charge in [-0.05, 0) is 30.7 Å². The fraction of sp³-hybridized carbons (Fsp3) is 0.381. The van der Waals surface area contributed by atoms with Crippen LogP contribution >= 0.6 is 0 Å². The third-order valence-corrected chi connectivity index (χ3v) is 5.06. The maximum absolute atomic E-state index is 12.5. The van der Waals surface area contributed by atoms with Crippen molar-refractivity contribution >= 4 is 6.03 Å². The van der Waals surface area contributed by atoms with Crippen LogP contribution in [-0.2, 0) is 12.8 Å². The van der Waals surface area contributed by atoms with Crippen molar-refractivity contribution in [2.45, 2.75) is 25.7 Å². The molecule has 0 spiro atoms. The Balaban J connectivity index is 1.27. The first-order chi connectivity index (χ1) is 14.3. The molecule has 1 saturated heterocycles. The van der Waals surface area contributed by atoms with Gasteiger partial charge in [0.05, 0.1) is 6.20 Å². The zero-order valence-corrected chi connectivity index (χ0v) is 16.2. The molecular weight excluding hydrogens is 368 g/mol. The van der Waals surface area contributed by atoms with Crippen LogP contribution < -0.4 is 5.32 Å². The van der Waals surface area contributed by atoms with Crippen molar-refractivity contribution in [2.24, 2.45) is 5.92 Å². The molecule has 1 aromatic carbocycles. The summed E-state index contributed by atoms with van der Waals surface area (Å²) < 4.78 is 5.38. The van der Waals surface area contributed by atoms with E-state index in [1.54, 1.807) is 18.6 Å². The quantitative estimate of drug-likeness (QED) is 0.693. The molecule has 1 atom stereocenters. The highest BCUT2D eigenvalue weighted by Crippen LogP contribution is 2.21. The average molecular weight is 392 g/mol. The molecule has 29 heavy (non-hydrogen) atoms. The van der Waals surface area contributed by atoms with Gasteiger partial charge >= 0.3 is 6.03 Å². The van der Waals surface area contributed by atoms with Crippen molar-refractivity contribution in [1.82, 2.24) is 30.3 Å². The number of hydrogen-bond donors (Lipinski definition) is 1. The first kappa shape index (κ1) is 19.0. The van der Waals surface area contributed by atoms with E-state index in [9.17, 15) is 4.79 Å². The Morgan fingerprint density at radius 2 is 2.14 bits per heavy atom. The van der Waals surface area contributed by atoms with Gasteiger partial charge in [0.1, 0.15) is 5.69 Å². The highest BCUT2D eigenvalue weighted by molar-refractivity contribution is 5.74. The van der Waals surface area contributed by atoms with Gasteiger partial charge in [0.15, 0.2) is 0 Å². The highest BCUT2D eigenvalue weighted by Gasteiger charge is 2.25. The lowest BCUT2D eigenvalue weighted by atomic mass is 9.95. The normalized spacial score (nSPS) is 16.6. The van der Waals surface area contributed by atoms with Crippen molar-refractivity contribution < 1.29 is 9.32 Å². The second-order valence-electron chi connectivity index (χ2n) is 7.23. The summed E-state index contributed by atoms with van der Waals surface area (Å²) >= 11 is 0. The van der Waals surface area contributed by atoms with Gasteiger partial charge in [-0.1, -0.05) is 35.5 Å². The van der Waals surface area contributed by atoms with E-state index in [0.29, 0.717) is 42.8 Å². The summed E-state index contributed by atoms with van der Waals surface area (Å²) in [5.41, 5.74) is 1.81. The molecule has 1 aliphatic heterocycles. The molecule has 3 heterocycles. The fourth-order valence-corrected chi connectivity index (χ4v) is 3.59. The molecule has 0 aliphatic carbocycles. The summed E-state index contributed by atoms with van der Waals surface area (Å²) in [7, 11) is 0. The molecule has 8 heteroatoms. The summed E-state index contributed by atoms with van der Waals surface area (Å²) in [6.07, 6.45) is 8.31. The standard InChI is InChI=1S/C21H24N6O2/c28-21(24-9-8-16-5-2-1-3-6-16)27-12-4-7-17(15-27)13-19-25-20(26-29-19)18-14-22-10-11-23-18/h1-3,5-6,10-11,14,17H,4,7-9,12-13,15H2,(H,24,28). The van der Waals surface area contributed by atoms with Crippen LogP contribution in [0.5, 0.6) is 0 Å². The number of piperidine rings is 1. The lowest BCUT2D eigenvalue weighted by Gasteiger charge is -2.32. The van der Waals surface area contributed by atoms with Crippen molar-refractivity contribution in [3.05, 3.63) is 60.4 Å². The Labute approximate surface area is 169 Å². The van der Waals surface area contributed by atoms with Gasteiger partial charge in [-0.3, -0.25) is 4.98 Å². The molecular formula is C21H24N6O2. The summed E-state index contributed by atoms with van der Waals surface area (Å²) in [6, 6.07) is 10.2. The van der Waals surface area contributed by atoms with Crippen LogP contribution in [0.15, 0.2) is 53.4 Å². The fourth-order valence-electron chi connectivity index (χ4n) is 3.59. The summed E-state index contributed by atoms with van der Waals surface area (Å²) in [6.45, 7) is 2.11. The summed E-state index contributed by atoms with van der Waals surface area (Å²) in [5.74, 6) is 1.32. The second-order valence-corrected chi connectivity index (χ2v) is 7.23. The molecule has 150 valence electrons. The van der Waals surface area contributed by atoms with E-state index >= 15 is 0 Å². The molecule has 3 aromatic rings. The van der Waals surface area contributed by atoms with Crippen LogP contribution in [0.3, 0.4) is 0 Å². The maximum atomic E-state index is 12.5. The van der Waals surface area contributed by atoms with E-state index in [2.05, 4.69) is 37.6 Å². The van der Waals surface area contributed by atoms with Crippen LogP contribution in [0.4, 0.5) is 4.79 Å². The Morgan fingerprint density at radius 3 is 2.97 bits per heavy atom. The third-order valence-electron chi connectivity index (χ3n) is 5.06. The predicted molar refractivity (Wildman–Crippen MR) is 107 cm³/mol. The predicted octanol–water partition coefficient (Wildman–Crippen LogP) is 2.73. The van der Waals surface area contributed by atoms with Crippen LogP contribution in [0.25, 0.3) is 11.5 Å². The number of likely N-dealkylation sites (tertiary alicyclic amines) is 1. The van der Waals surface area contributed by atoms with E-state index in [0.717, 1.165) is 25.8 Å². The molecule has 8 nitrogen and oxygen atoms in total. The molecule has 2 amide bonds. The first-order valence-electron chi connectivity index (χ1n) is 9.93. The first-order valence-corrected chi connectivity index (χ1v) is 9.93. The molecule has 2 aromatic heterocycles. The van der Waals surface area contributed by atoms with E-state index in [-0.39, 0.29) is 6.03 Å². The molecule has 0 saturated carbocycles. The highest BCUT2D eigenvalue weighted by atomic mass is 16.5. The molecule has 1 aliphatic rings. The van der Waals surface area contributed by atoms with Crippen LogP contribution in [-0.4, -0.2) is 50.7 Å². The summed E-state index contributed by atoms with van der Waals surface area (Å²) in [5, 5.41) is 7.03. The Kier molecular flexibility index (Phi) is 6.09. The van der Waals surface area contributed by atoms with Crippen molar-refractivity contribution in [3.63, 3.8) is 0 Å². The minimum atomic E-state index is -0.00332.